The number of hydrogen-bond acceptors (Lipinski definition) is 3. The number of anilines is 1. The van der Waals surface area contributed by atoms with Crippen LogP contribution >= 0.6 is 0 Å². The van der Waals surface area contributed by atoms with Crippen molar-refractivity contribution in [2.24, 2.45) is 0 Å². The van der Waals surface area contributed by atoms with E-state index in [2.05, 4.69) is 4.72 Å². The molecule has 0 aromatic heterocycles. The van der Waals surface area contributed by atoms with Gasteiger partial charge in [-0.05, 0) is 23.6 Å². The first-order valence-electron chi connectivity index (χ1n) is 6.39. The van der Waals surface area contributed by atoms with E-state index in [1.807, 2.05) is 30.3 Å². The fourth-order valence-corrected chi connectivity index (χ4v) is 2.93. The Bertz CT molecular complexity index is 856. The molecule has 1 N–H and O–H groups in total. The van der Waals surface area contributed by atoms with Crippen molar-refractivity contribution < 1.29 is 12.6 Å². The molecular weight excluding hydrogens is 286 g/mol. The average molecular weight is 299 g/mol. The van der Waals surface area contributed by atoms with Crippen LogP contribution in [-0.4, -0.2) is 8.42 Å². The minimum atomic E-state index is -3.93. The fourth-order valence-electron chi connectivity index (χ4n) is 2.07. The Labute approximate surface area is 123 Å². The molecule has 0 amide bonds. The highest BCUT2D eigenvalue weighted by molar-refractivity contribution is 7.88. The molecule has 106 valence electrons. The standard InChI is InChI=1S/C16H13NO3S/c18-21(19,20-14-9-2-1-3-10-14)17-16-12-6-8-13-7-4-5-11-15(13)16/h1-12,17H. The molecule has 21 heavy (non-hydrogen) atoms. The number of hydrogen-bond donors (Lipinski definition) is 1. The molecule has 3 aromatic rings. The van der Waals surface area contributed by atoms with Gasteiger partial charge in [0, 0.05) is 5.39 Å². The van der Waals surface area contributed by atoms with Gasteiger partial charge in [0.1, 0.15) is 5.75 Å². The Hall–Kier alpha value is -2.53. The third-order valence-electron chi connectivity index (χ3n) is 2.97. The van der Waals surface area contributed by atoms with Crippen LogP contribution in [-0.2, 0) is 10.3 Å². The molecule has 0 heterocycles. The Balaban J connectivity index is 1.91. The highest BCUT2D eigenvalue weighted by Gasteiger charge is 2.13. The van der Waals surface area contributed by atoms with Gasteiger partial charge in [0.15, 0.2) is 0 Å². The molecule has 0 fully saturated rings. The van der Waals surface area contributed by atoms with Gasteiger partial charge < -0.3 is 4.18 Å². The van der Waals surface area contributed by atoms with E-state index in [4.69, 9.17) is 4.18 Å². The van der Waals surface area contributed by atoms with E-state index in [9.17, 15) is 8.42 Å². The van der Waals surface area contributed by atoms with E-state index in [1.165, 1.54) is 0 Å². The molecule has 0 aliphatic carbocycles. The van der Waals surface area contributed by atoms with Crippen molar-refractivity contribution in [3.63, 3.8) is 0 Å². The average Bonchev–Trinajstić information content (AvgIpc) is 2.48. The first kappa shape index (κ1) is 13.5. The summed E-state index contributed by atoms with van der Waals surface area (Å²) in [5.41, 5.74) is 0.490. The monoisotopic (exact) mass is 299 g/mol. The summed E-state index contributed by atoms with van der Waals surface area (Å²) < 4.78 is 31.6. The van der Waals surface area contributed by atoms with E-state index in [0.29, 0.717) is 5.69 Å². The van der Waals surface area contributed by atoms with Crippen LogP contribution < -0.4 is 8.91 Å². The number of nitrogens with one attached hydrogen (secondary N) is 1. The molecule has 0 aliphatic heterocycles. The maximum Gasteiger partial charge on any atom is 0.407 e. The van der Waals surface area contributed by atoms with Gasteiger partial charge in [-0.1, -0.05) is 54.6 Å². The van der Waals surface area contributed by atoms with Crippen molar-refractivity contribution in [3.05, 3.63) is 72.8 Å². The summed E-state index contributed by atoms with van der Waals surface area (Å²) in [6.45, 7) is 0. The van der Waals surface area contributed by atoms with Crippen LogP contribution in [0.4, 0.5) is 5.69 Å². The number of rotatable bonds is 4. The number of para-hydroxylation sites is 1. The normalized spacial score (nSPS) is 11.2. The van der Waals surface area contributed by atoms with Crippen LogP contribution in [0.15, 0.2) is 72.8 Å². The predicted molar refractivity (Wildman–Crippen MR) is 83.6 cm³/mol. The quantitative estimate of drug-likeness (QED) is 0.801. The topological polar surface area (TPSA) is 55.4 Å². The molecule has 0 spiro atoms. The van der Waals surface area contributed by atoms with E-state index >= 15 is 0 Å². The lowest BCUT2D eigenvalue weighted by Gasteiger charge is -2.11. The molecule has 0 aliphatic rings. The second-order valence-electron chi connectivity index (χ2n) is 4.48. The lowest BCUT2D eigenvalue weighted by Crippen LogP contribution is -2.19. The summed E-state index contributed by atoms with van der Waals surface area (Å²) in [6, 6.07) is 21.3. The van der Waals surface area contributed by atoms with Gasteiger partial charge >= 0.3 is 10.3 Å². The zero-order valence-electron chi connectivity index (χ0n) is 11.1. The van der Waals surface area contributed by atoms with E-state index < -0.39 is 10.3 Å². The third-order valence-corrected chi connectivity index (χ3v) is 3.86. The largest absolute Gasteiger partial charge is 0.407 e. The number of benzene rings is 3. The van der Waals surface area contributed by atoms with E-state index in [1.54, 1.807) is 42.5 Å². The minimum absolute atomic E-state index is 0.269. The van der Waals surface area contributed by atoms with Gasteiger partial charge in [0.2, 0.25) is 0 Å². The Morgan fingerprint density at radius 1 is 0.762 bits per heavy atom. The van der Waals surface area contributed by atoms with Crippen molar-refractivity contribution in [1.29, 1.82) is 0 Å². The molecule has 0 radical (unpaired) electrons. The van der Waals surface area contributed by atoms with Crippen LogP contribution in [0, 0.1) is 0 Å². The van der Waals surface area contributed by atoms with Crippen molar-refractivity contribution in [3.8, 4) is 5.75 Å². The van der Waals surface area contributed by atoms with Gasteiger partial charge in [-0.25, -0.2) is 0 Å². The fraction of sp³-hybridized carbons (Fsp3) is 0. The van der Waals surface area contributed by atoms with Crippen molar-refractivity contribution in [2.45, 2.75) is 0 Å². The summed E-state index contributed by atoms with van der Waals surface area (Å²) >= 11 is 0. The van der Waals surface area contributed by atoms with Gasteiger partial charge in [-0.2, -0.15) is 8.42 Å². The van der Waals surface area contributed by atoms with E-state index in [-0.39, 0.29) is 5.75 Å². The zero-order valence-corrected chi connectivity index (χ0v) is 11.9. The van der Waals surface area contributed by atoms with Gasteiger partial charge in [0.25, 0.3) is 0 Å². The molecule has 0 saturated heterocycles. The molecule has 0 bridgehead atoms. The molecule has 0 unspecified atom stereocenters. The maximum absolute atomic E-state index is 12.1. The Kier molecular flexibility index (Phi) is 3.50. The minimum Gasteiger partial charge on any atom is -0.367 e. The van der Waals surface area contributed by atoms with Crippen LogP contribution in [0.3, 0.4) is 0 Å². The summed E-state index contributed by atoms with van der Waals surface area (Å²) in [7, 11) is -3.93. The first-order chi connectivity index (χ1) is 10.1. The Morgan fingerprint density at radius 3 is 2.24 bits per heavy atom. The van der Waals surface area contributed by atoms with Crippen molar-refractivity contribution in [2.75, 3.05) is 4.72 Å². The molecule has 0 atom stereocenters. The second kappa shape index (κ2) is 5.46. The molecular formula is C16H13NO3S. The molecule has 5 heteroatoms. The van der Waals surface area contributed by atoms with Crippen LogP contribution in [0.25, 0.3) is 10.8 Å². The van der Waals surface area contributed by atoms with Crippen molar-refractivity contribution >= 4 is 26.8 Å². The summed E-state index contributed by atoms with van der Waals surface area (Å²) in [5, 5.41) is 1.78. The third kappa shape index (κ3) is 3.14. The molecule has 3 aromatic carbocycles. The molecule has 3 rings (SSSR count). The van der Waals surface area contributed by atoms with Gasteiger partial charge in [0.05, 0.1) is 5.69 Å². The van der Waals surface area contributed by atoms with E-state index in [0.717, 1.165) is 10.8 Å². The highest BCUT2D eigenvalue weighted by Crippen LogP contribution is 2.24. The second-order valence-corrected chi connectivity index (χ2v) is 5.76. The van der Waals surface area contributed by atoms with Gasteiger partial charge in [-0.15, -0.1) is 0 Å². The zero-order chi connectivity index (χ0) is 14.7. The Morgan fingerprint density at radius 2 is 1.43 bits per heavy atom. The molecule has 0 saturated carbocycles. The molecule has 4 nitrogen and oxygen atoms in total. The summed E-state index contributed by atoms with van der Waals surface area (Å²) in [6.07, 6.45) is 0. The highest BCUT2D eigenvalue weighted by atomic mass is 32.2. The smallest absolute Gasteiger partial charge is 0.367 e. The maximum atomic E-state index is 12.1. The van der Waals surface area contributed by atoms with Gasteiger partial charge in [-0.3, -0.25) is 4.72 Å². The summed E-state index contributed by atoms with van der Waals surface area (Å²) in [5.74, 6) is 0.269. The van der Waals surface area contributed by atoms with Crippen LogP contribution in [0.1, 0.15) is 0 Å². The van der Waals surface area contributed by atoms with Crippen LogP contribution in [0.2, 0.25) is 0 Å². The SMILES string of the molecule is O=S(=O)(Nc1cccc2ccccc12)Oc1ccccc1. The lowest BCUT2D eigenvalue weighted by atomic mass is 10.1. The predicted octanol–water partition coefficient (Wildman–Crippen LogP) is 3.58. The lowest BCUT2D eigenvalue weighted by molar-refractivity contribution is 0.492. The first-order valence-corrected chi connectivity index (χ1v) is 7.80. The summed E-state index contributed by atoms with van der Waals surface area (Å²) in [4.78, 5) is 0. The van der Waals surface area contributed by atoms with Crippen LogP contribution in [0.5, 0.6) is 5.75 Å². The van der Waals surface area contributed by atoms with Crippen molar-refractivity contribution in [1.82, 2.24) is 0 Å². The number of fused-ring (bicyclic) bond motifs is 1.